The molecule has 110 valence electrons. The minimum atomic E-state index is -0.337. The van der Waals surface area contributed by atoms with E-state index in [1.807, 2.05) is 11.8 Å². The van der Waals surface area contributed by atoms with Gasteiger partial charge in [0.15, 0.2) is 11.6 Å². The summed E-state index contributed by atoms with van der Waals surface area (Å²) in [5.74, 6) is -0.0455. The molecule has 1 aliphatic heterocycles. The third-order valence-corrected chi connectivity index (χ3v) is 3.92. The highest BCUT2D eigenvalue weighted by molar-refractivity contribution is 6.03. The Kier molecular flexibility index (Phi) is 4.40. The molecule has 1 aromatic rings. The number of hydrogen-bond donors (Lipinski definition) is 2. The molecule has 0 saturated carbocycles. The topological polar surface area (TPSA) is 73.4 Å². The number of likely N-dealkylation sites (tertiary alicyclic amines) is 1. The van der Waals surface area contributed by atoms with Crippen molar-refractivity contribution in [2.45, 2.75) is 39.7 Å². The fourth-order valence-electron chi connectivity index (χ4n) is 3.01. The van der Waals surface area contributed by atoms with E-state index in [2.05, 4.69) is 4.98 Å². The van der Waals surface area contributed by atoms with Crippen LogP contribution in [0.5, 0.6) is 0 Å². The van der Waals surface area contributed by atoms with Crippen LogP contribution in [-0.2, 0) is 0 Å². The first-order valence-corrected chi connectivity index (χ1v) is 7.04. The van der Waals surface area contributed by atoms with Crippen LogP contribution in [0, 0.1) is 13.8 Å². The molecule has 0 aliphatic carbocycles. The molecule has 2 rings (SSSR count). The summed E-state index contributed by atoms with van der Waals surface area (Å²) in [4.78, 5) is 29.0. The van der Waals surface area contributed by atoms with Crippen LogP contribution in [0.1, 0.15) is 51.9 Å². The Labute approximate surface area is 119 Å². The monoisotopic (exact) mass is 278 g/mol. The molecule has 0 amide bonds. The van der Waals surface area contributed by atoms with E-state index in [4.69, 9.17) is 0 Å². The van der Waals surface area contributed by atoms with Crippen molar-refractivity contribution in [3.05, 3.63) is 22.5 Å². The third-order valence-electron chi connectivity index (χ3n) is 3.92. The second-order valence-electron chi connectivity index (χ2n) is 5.64. The van der Waals surface area contributed by atoms with Crippen LogP contribution in [0.3, 0.4) is 0 Å². The van der Waals surface area contributed by atoms with Gasteiger partial charge in [0.1, 0.15) is 0 Å². The smallest absolute Gasteiger partial charge is 0.193 e. The number of aryl methyl sites for hydroxylation is 1. The van der Waals surface area contributed by atoms with E-state index >= 15 is 0 Å². The number of ketones is 2. The number of carbonyl (C=O) groups excluding carboxylic acids is 2. The molecule has 0 spiro atoms. The molecule has 1 aromatic heterocycles. The van der Waals surface area contributed by atoms with Gasteiger partial charge in [-0.05, 0) is 45.7 Å². The predicted molar refractivity (Wildman–Crippen MR) is 76.3 cm³/mol. The minimum Gasteiger partial charge on any atom is -0.392 e. The molecule has 1 atom stereocenters. The van der Waals surface area contributed by atoms with Crippen LogP contribution in [0.4, 0.5) is 0 Å². The van der Waals surface area contributed by atoms with Crippen LogP contribution < -0.4 is 0 Å². The first-order valence-electron chi connectivity index (χ1n) is 7.04. The van der Waals surface area contributed by atoms with Gasteiger partial charge in [-0.15, -0.1) is 0 Å². The zero-order valence-electron chi connectivity index (χ0n) is 12.3. The number of H-pyrrole nitrogens is 1. The number of aliphatic hydroxyl groups is 1. The van der Waals surface area contributed by atoms with Crippen LogP contribution in [0.15, 0.2) is 0 Å². The molecule has 2 N–H and O–H groups in total. The van der Waals surface area contributed by atoms with Gasteiger partial charge in [-0.1, -0.05) is 0 Å². The van der Waals surface area contributed by atoms with Crippen molar-refractivity contribution in [1.82, 2.24) is 9.88 Å². The van der Waals surface area contributed by atoms with Crippen molar-refractivity contribution in [2.75, 3.05) is 19.6 Å². The van der Waals surface area contributed by atoms with Gasteiger partial charge in [0, 0.05) is 17.8 Å². The van der Waals surface area contributed by atoms with Crippen molar-refractivity contribution in [2.24, 2.45) is 0 Å². The zero-order chi connectivity index (χ0) is 14.9. The predicted octanol–water partition coefficient (Wildman–Crippen LogP) is 1.47. The fourth-order valence-corrected chi connectivity index (χ4v) is 3.01. The van der Waals surface area contributed by atoms with Gasteiger partial charge in [-0.3, -0.25) is 14.5 Å². The summed E-state index contributed by atoms with van der Waals surface area (Å²) in [5.41, 5.74) is 2.62. The van der Waals surface area contributed by atoms with Crippen molar-refractivity contribution in [1.29, 1.82) is 0 Å². The van der Waals surface area contributed by atoms with Gasteiger partial charge in [-0.2, -0.15) is 0 Å². The number of aromatic nitrogens is 1. The Bertz CT molecular complexity index is 533. The fraction of sp³-hybridized carbons (Fsp3) is 0.600. The van der Waals surface area contributed by atoms with Gasteiger partial charge in [0.2, 0.25) is 0 Å². The highest BCUT2D eigenvalue weighted by Gasteiger charge is 2.24. The SMILES string of the molecule is CC(=O)c1c(C)[nH]c(C(=O)CN2CCCC(O)C2)c1C. The van der Waals surface area contributed by atoms with Crippen LogP contribution in [-0.4, -0.2) is 52.3 Å². The maximum atomic E-state index is 12.4. The van der Waals surface area contributed by atoms with E-state index in [1.165, 1.54) is 6.92 Å². The maximum Gasteiger partial charge on any atom is 0.193 e. The summed E-state index contributed by atoms with van der Waals surface area (Å²) >= 11 is 0. The summed E-state index contributed by atoms with van der Waals surface area (Å²) in [6.07, 6.45) is 1.38. The number of carbonyl (C=O) groups is 2. The summed E-state index contributed by atoms with van der Waals surface area (Å²) < 4.78 is 0. The maximum absolute atomic E-state index is 12.4. The van der Waals surface area contributed by atoms with E-state index in [0.717, 1.165) is 30.6 Å². The Balaban J connectivity index is 2.13. The molecule has 2 heterocycles. The normalized spacial score (nSPS) is 20.1. The van der Waals surface area contributed by atoms with E-state index in [9.17, 15) is 14.7 Å². The number of β-amino-alcohol motifs (C(OH)–C–C–N with tert-alkyl or cyclic N) is 1. The standard InChI is InChI=1S/C15H22N2O3/c1-9-14(11(3)18)10(2)16-15(9)13(20)8-17-6-4-5-12(19)7-17/h12,16,19H,4-8H2,1-3H3. The van der Waals surface area contributed by atoms with Crippen molar-refractivity contribution in [3.63, 3.8) is 0 Å². The Morgan fingerprint density at radius 1 is 1.40 bits per heavy atom. The lowest BCUT2D eigenvalue weighted by atomic mass is 10.0. The van der Waals surface area contributed by atoms with Gasteiger partial charge in [0.25, 0.3) is 0 Å². The van der Waals surface area contributed by atoms with Gasteiger partial charge < -0.3 is 10.1 Å². The number of piperidine rings is 1. The lowest BCUT2D eigenvalue weighted by Gasteiger charge is -2.29. The Hall–Kier alpha value is -1.46. The summed E-state index contributed by atoms with van der Waals surface area (Å²) in [6, 6.07) is 0. The number of aliphatic hydroxyl groups excluding tert-OH is 1. The van der Waals surface area contributed by atoms with E-state index in [1.54, 1.807) is 6.92 Å². The average Bonchev–Trinajstić information content (AvgIpc) is 2.64. The molecule has 0 radical (unpaired) electrons. The highest BCUT2D eigenvalue weighted by atomic mass is 16.3. The molecule has 5 nitrogen and oxygen atoms in total. The first kappa shape index (κ1) is 14.9. The van der Waals surface area contributed by atoms with Gasteiger partial charge >= 0.3 is 0 Å². The number of Topliss-reactive ketones (excluding diaryl/α,β-unsaturated/α-hetero) is 2. The number of aromatic amines is 1. The second kappa shape index (κ2) is 5.89. The summed E-state index contributed by atoms with van der Waals surface area (Å²) in [6.45, 7) is 6.79. The van der Waals surface area contributed by atoms with Crippen molar-refractivity contribution < 1.29 is 14.7 Å². The first-order chi connectivity index (χ1) is 9.40. The van der Waals surface area contributed by atoms with Crippen LogP contribution >= 0.6 is 0 Å². The van der Waals surface area contributed by atoms with Crippen LogP contribution in [0.25, 0.3) is 0 Å². The molecule has 0 bridgehead atoms. The van der Waals surface area contributed by atoms with E-state index in [-0.39, 0.29) is 24.2 Å². The summed E-state index contributed by atoms with van der Waals surface area (Å²) in [5, 5.41) is 9.63. The zero-order valence-corrected chi connectivity index (χ0v) is 12.3. The molecule has 1 fully saturated rings. The molecular formula is C15H22N2O3. The molecule has 0 aromatic carbocycles. The van der Waals surface area contributed by atoms with E-state index < -0.39 is 0 Å². The lowest BCUT2D eigenvalue weighted by Crippen LogP contribution is -2.41. The number of rotatable bonds is 4. The lowest BCUT2D eigenvalue weighted by molar-refractivity contribution is 0.0631. The highest BCUT2D eigenvalue weighted by Crippen LogP contribution is 2.20. The average molecular weight is 278 g/mol. The molecule has 1 saturated heterocycles. The minimum absolute atomic E-state index is 0.0211. The third kappa shape index (κ3) is 2.99. The Morgan fingerprint density at radius 2 is 2.10 bits per heavy atom. The molecule has 1 unspecified atom stereocenters. The van der Waals surface area contributed by atoms with Crippen molar-refractivity contribution >= 4 is 11.6 Å². The van der Waals surface area contributed by atoms with E-state index in [0.29, 0.717) is 17.8 Å². The quantitative estimate of drug-likeness (QED) is 0.818. The van der Waals surface area contributed by atoms with Gasteiger partial charge in [0.05, 0.1) is 18.3 Å². The molecule has 20 heavy (non-hydrogen) atoms. The number of hydrogen-bond acceptors (Lipinski definition) is 4. The number of nitrogens with one attached hydrogen (secondary N) is 1. The largest absolute Gasteiger partial charge is 0.392 e. The molecular weight excluding hydrogens is 256 g/mol. The summed E-state index contributed by atoms with van der Waals surface area (Å²) in [7, 11) is 0. The van der Waals surface area contributed by atoms with Crippen molar-refractivity contribution in [3.8, 4) is 0 Å². The second-order valence-corrected chi connectivity index (χ2v) is 5.64. The number of nitrogens with zero attached hydrogens (tertiary/aromatic N) is 1. The van der Waals surface area contributed by atoms with Gasteiger partial charge in [-0.25, -0.2) is 0 Å². The Morgan fingerprint density at radius 3 is 2.65 bits per heavy atom. The molecule has 1 aliphatic rings. The molecule has 5 heteroatoms. The van der Waals surface area contributed by atoms with Crippen LogP contribution in [0.2, 0.25) is 0 Å².